The molecule has 4 aromatic rings. The molecule has 0 atom stereocenters. The van der Waals surface area contributed by atoms with Crippen molar-refractivity contribution >= 4 is 10.9 Å². The minimum atomic E-state index is -0.0692. The van der Waals surface area contributed by atoms with Gasteiger partial charge in [-0.25, -0.2) is 4.98 Å². The van der Waals surface area contributed by atoms with Crippen LogP contribution in [0.3, 0.4) is 0 Å². The zero-order valence-electron chi connectivity index (χ0n) is 16.3. The highest BCUT2D eigenvalue weighted by atomic mass is 15.1. The third kappa shape index (κ3) is 3.14. The standard InChI is InChI=1S/C24H26N4/c1-17-8-10-18(11-9-17)22-16-25-23(28-22)24(12-4-5-13-24)26-15-20-14-19-6-2-3-7-21(19)27-20/h2-3,6-11,14,16,26-27H,4-5,12-13,15H2,1H3,(H,25,28). The molecule has 0 amide bonds. The van der Waals surface area contributed by atoms with Crippen LogP contribution in [0.5, 0.6) is 0 Å². The lowest BCUT2D eigenvalue weighted by molar-refractivity contribution is 0.320. The Morgan fingerprint density at radius 3 is 2.57 bits per heavy atom. The first kappa shape index (κ1) is 17.3. The number of aromatic amines is 2. The van der Waals surface area contributed by atoms with Crippen LogP contribution in [-0.4, -0.2) is 15.0 Å². The van der Waals surface area contributed by atoms with Crippen LogP contribution in [0.25, 0.3) is 22.2 Å². The number of fused-ring (bicyclic) bond motifs is 1. The molecule has 2 aromatic carbocycles. The summed E-state index contributed by atoms with van der Waals surface area (Å²) in [6.45, 7) is 2.93. The van der Waals surface area contributed by atoms with E-state index in [1.165, 1.54) is 40.6 Å². The average Bonchev–Trinajstić information content (AvgIpc) is 3.45. The number of rotatable bonds is 5. The molecule has 0 saturated heterocycles. The first-order valence-corrected chi connectivity index (χ1v) is 10.2. The van der Waals surface area contributed by atoms with Crippen molar-refractivity contribution in [2.24, 2.45) is 0 Å². The van der Waals surface area contributed by atoms with Gasteiger partial charge in [0.05, 0.1) is 17.4 Å². The molecule has 4 nitrogen and oxygen atoms in total. The molecule has 0 unspecified atom stereocenters. The van der Waals surface area contributed by atoms with Crippen LogP contribution in [0, 0.1) is 6.92 Å². The molecular formula is C24H26N4. The summed E-state index contributed by atoms with van der Waals surface area (Å²) in [5.74, 6) is 1.07. The molecule has 5 rings (SSSR count). The van der Waals surface area contributed by atoms with Gasteiger partial charge in [0.25, 0.3) is 0 Å². The molecule has 0 radical (unpaired) electrons. The maximum absolute atomic E-state index is 4.80. The smallest absolute Gasteiger partial charge is 0.126 e. The van der Waals surface area contributed by atoms with Crippen molar-refractivity contribution < 1.29 is 0 Å². The number of hydrogen-bond acceptors (Lipinski definition) is 2. The fourth-order valence-electron chi connectivity index (χ4n) is 4.41. The van der Waals surface area contributed by atoms with Crippen LogP contribution in [0.2, 0.25) is 0 Å². The van der Waals surface area contributed by atoms with Crippen LogP contribution in [-0.2, 0) is 12.1 Å². The van der Waals surface area contributed by atoms with Gasteiger partial charge >= 0.3 is 0 Å². The minimum Gasteiger partial charge on any atom is -0.357 e. The van der Waals surface area contributed by atoms with Crippen molar-refractivity contribution in [1.82, 2.24) is 20.3 Å². The van der Waals surface area contributed by atoms with E-state index in [1.54, 1.807) is 0 Å². The third-order valence-corrected chi connectivity index (χ3v) is 6.05. The summed E-state index contributed by atoms with van der Waals surface area (Å²) in [5.41, 5.74) is 5.90. The molecule has 1 fully saturated rings. The summed E-state index contributed by atoms with van der Waals surface area (Å²) < 4.78 is 0. The van der Waals surface area contributed by atoms with Gasteiger partial charge in [-0.1, -0.05) is 60.9 Å². The van der Waals surface area contributed by atoms with Crippen molar-refractivity contribution in [1.29, 1.82) is 0 Å². The zero-order chi connectivity index (χ0) is 19.0. The van der Waals surface area contributed by atoms with Gasteiger partial charge in [-0.3, -0.25) is 5.32 Å². The molecule has 0 spiro atoms. The van der Waals surface area contributed by atoms with Crippen LogP contribution in [0.4, 0.5) is 0 Å². The fourth-order valence-corrected chi connectivity index (χ4v) is 4.41. The monoisotopic (exact) mass is 370 g/mol. The molecule has 1 saturated carbocycles. The van der Waals surface area contributed by atoms with E-state index in [4.69, 9.17) is 4.98 Å². The lowest BCUT2D eigenvalue weighted by Crippen LogP contribution is -2.40. The summed E-state index contributed by atoms with van der Waals surface area (Å²) in [6, 6.07) is 19.3. The van der Waals surface area contributed by atoms with Gasteiger partial charge in [-0.2, -0.15) is 0 Å². The quantitative estimate of drug-likeness (QED) is 0.439. The Hall–Kier alpha value is -2.85. The van der Waals surface area contributed by atoms with Crippen LogP contribution < -0.4 is 5.32 Å². The summed E-state index contributed by atoms with van der Waals surface area (Å²) in [5, 5.41) is 5.10. The normalized spacial score (nSPS) is 16.0. The van der Waals surface area contributed by atoms with Crippen LogP contribution in [0.1, 0.15) is 42.8 Å². The SMILES string of the molecule is Cc1ccc(-c2cnc(C3(NCc4cc5ccccc5[nH]4)CCCC3)[nH]2)cc1. The molecule has 4 heteroatoms. The number of nitrogens with one attached hydrogen (secondary N) is 3. The summed E-state index contributed by atoms with van der Waals surface area (Å²) in [6.07, 6.45) is 6.69. The van der Waals surface area contributed by atoms with E-state index < -0.39 is 0 Å². The Morgan fingerprint density at radius 2 is 1.79 bits per heavy atom. The zero-order valence-corrected chi connectivity index (χ0v) is 16.3. The highest BCUT2D eigenvalue weighted by molar-refractivity contribution is 5.80. The first-order valence-electron chi connectivity index (χ1n) is 10.2. The second-order valence-corrected chi connectivity index (χ2v) is 8.04. The Bertz CT molecular complexity index is 1050. The summed E-state index contributed by atoms with van der Waals surface area (Å²) >= 11 is 0. The number of benzene rings is 2. The second-order valence-electron chi connectivity index (χ2n) is 8.04. The van der Waals surface area contributed by atoms with Gasteiger partial charge in [0.2, 0.25) is 0 Å². The van der Waals surface area contributed by atoms with Gasteiger partial charge in [-0.15, -0.1) is 0 Å². The van der Waals surface area contributed by atoms with Crippen molar-refractivity contribution in [3.63, 3.8) is 0 Å². The number of H-pyrrole nitrogens is 2. The Kier molecular flexibility index (Phi) is 4.29. The Labute approximate surface area is 165 Å². The van der Waals surface area contributed by atoms with Crippen LogP contribution >= 0.6 is 0 Å². The minimum absolute atomic E-state index is 0.0692. The van der Waals surface area contributed by atoms with Gasteiger partial charge < -0.3 is 9.97 Å². The molecule has 1 aliphatic rings. The number of aryl methyl sites for hydroxylation is 1. The molecule has 1 aliphatic carbocycles. The first-order chi connectivity index (χ1) is 13.7. The number of aromatic nitrogens is 3. The largest absolute Gasteiger partial charge is 0.357 e. The lowest BCUT2D eigenvalue weighted by Gasteiger charge is -2.28. The van der Waals surface area contributed by atoms with E-state index in [0.717, 1.165) is 30.9 Å². The molecule has 0 bridgehead atoms. The van der Waals surface area contributed by atoms with Crippen molar-refractivity contribution in [3.8, 4) is 11.3 Å². The number of imidazole rings is 1. The van der Waals surface area contributed by atoms with Gasteiger partial charge in [0.1, 0.15) is 5.82 Å². The highest BCUT2D eigenvalue weighted by Gasteiger charge is 2.37. The van der Waals surface area contributed by atoms with Gasteiger partial charge in [0.15, 0.2) is 0 Å². The third-order valence-electron chi connectivity index (χ3n) is 6.05. The van der Waals surface area contributed by atoms with Crippen LogP contribution in [0.15, 0.2) is 60.8 Å². The molecular weight excluding hydrogens is 344 g/mol. The molecule has 142 valence electrons. The number of para-hydroxylation sites is 1. The predicted octanol–water partition coefficient (Wildman–Crippen LogP) is 5.43. The second kappa shape index (κ2) is 6.95. The van der Waals surface area contributed by atoms with Gasteiger partial charge in [0, 0.05) is 17.8 Å². The molecule has 2 heterocycles. The van der Waals surface area contributed by atoms with E-state index in [-0.39, 0.29) is 5.54 Å². The highest BCUT2D eigenvalue weighted by Crippen LogP contribution is 2.38. The predicted molar refractivity (Wildman–Crippen MR) is 114 cm³/mol. The van der Waals surface area contributed by atoms with E-state index in [9.17, 15) is 0 Å². The number of nitrogens with zero attached hydrogens (tertiary/aromatic N) is 1. The van der Waals surface area contributed by atoms with Crippen molar-refractivity contribution in [2.75, 3.05) is 0 Å². The van der Waals surface area contributed by atoms with E-state index in [1.807, 2.05) is 6.20 Å². The van der Waals surface area contributed by atoms with E-state index in [2.05, 4.69) is 76.8 Å². The molecule has 0 aliphatic heterocycles. The van der Waals surface area contributed by atoms with Crippen molar-refractivity contribution in [2.45, 2.75) is 44.7 Å². The number of hydrogen-bond donors (Lipinski definition) is 3. The van der Waals surface area contributed by atoms with E-state index in [0.29, 0.717) is 0 Å². The topological polar surface area (TPSA) is 56.5 Å². The average molecular weight is 371 g/mol. The summed E-state index contributed by atoms with van der Waals surface area (Å²) in [4.78, 5) is 11.9. The maximum atomic E-state index is 4.80. The Balaban J connectivity index is 1.39. The fraction of sp³-hybridized carbons (Fsp3) is 0.292. The van der Waals surface area contributed by atoms with Crippen molar-refractivity contribution in [3.05, 3.63) is 77.9 Å². The maximum Gasteiger partial charge on any atom is 0.126 e. The van der Waals surface area contributed by atoms with E-state index >= 15 is 0 Å². The molecule has 28 heavy (non-hydrogen) atoms. The Morgan fingerprint density at radius 1 is 1.00 bits per heavy atom. The molecule has 3 N–H and O–H groups in total. The van der Waals surface area contributed by atoms with Gasteiger partial charge in [-0.05, 0) is 42.8 Å². The molecule has 2 aromatic heterocycles. The summed E-state index contributed by atoms with van der Waals surface area (Å²) in [7, 11) is 0. The lowest BCUT2D eigenvalue weighted by atomic mass is 9.96.